The maximum absolute atomic E-state index is 12.4. The van der Waals surface area contributed by atoms with Crippen LogP contribution >= 0.6 is 11.8 Å². The van der Waals surface area contributed by atoms with Gasteiger partial charge in [-0.1, -0.05) is 11.8 Å². The number of methoxy groups -OCH3 is 1. The Hall–Kier alpha value is -1.20. The summed E-state index contributed by atoms with van der Waals surface area (Å²) in [5, 5.41) is 0. The molecule has 0 bridgehead atoms. The van der Waals surface area contributed by atoms with E-state index >= 15 is 0 Å². The summed E-state index contributed by atoms with van der Waals surface area (Å²) in [6.45, 7) is 0.206. The lowest BCUT2D eigenvalue weighted by Gasteiger charge is -2.13. The minimum atomic E-state index is -3.53. The molecule has 1 aliphatic rings. The molecule has 5 nitrogen and oxygen atoms in total. The molecule has 1 atom stereocenters. The van der Waals surface area contributed by atoms with E-state index in [1.165, 1.54) is 19.2 Å². The summed E-state index contributed by atoms with van der Waals surface area (Å²) in [6.07, 6.45) is 0.861. The van der Waals surface area contributed by atoms with Crippen LogP contribution in [0.4, 0.5) is 0 Å². The number of sulfonamides is 1. The average Bonchev–Trinajstić information content (AvgIpc) is 2.96. The molecule has 114 valence electrons. The molecule has 7 heteroatoms. The van der Waals surface area contributed by atoms with Gasteiger partial charge in [0.25, 0.3) is 0 Å². The van der Waals surface area contributed by atoms with Crippen molar-refractivity contribution in [3.63, 3.8) is 0 Å². The first-order valence-corrected chi connectivity index (χ1v) is 9.17. The van der Waals surface area contributed by atoms with Crippen molar-refractivity contribution in [2.45, 2.75) is 17.4 Å². The number of ether oxygens (including phenoxy) is 1. The van der Waals surface area contributed by atoms with Crippen molar-refractivity contribution in [1.82, 2.24) is 4.72 Å². The fourth-order valence-electron chi connectivity index (χ4n) is 2.01. The zero-order valence-electron chi connectivity index (χ0n) is 11.8. The van der Waals surface area contributed by atoms with Crippen LogP contribution < -0.4 is 15.2 Å². The molecular weight excluding hydrogens is 308 g/mol. The number of rotatable bonds is 4. The molecule has 3 N–H and O–H groups in total. The van der Waals surface area contributed by atoms with Gasteiger partial charge < -0.3 is 10.5 Å². The lowest BCUT2D eigenvalue weighted by molar-refractivity contribution is 0.413. The van der Waals surface area contributed by atoms with Crippen LogP contribution in [0.25, 0.3) is 0 Å². The Labute approximate surface area is 129 Å². The van der Waals surface area contributed by atoms with Gasteiger partial charge in [-0.25, -0.2) is 13.1 Å². The van der Waals surface area contributed by atoms with Crippen LogP contribution in [0, 0.1) is 11.8 Å². The van der Waals surface area contributed by atoms with Crippen LogP contribution in [0.1, 0.15) is 12.0 Å². The third-order valence-corrected chi connectivity index (χ3v) is 5.74. The van der Waals surface area contributed by atoms with Gasteiger partial charge in [-0.3, -0.25) is 0 Å². The summed E-state index contributed by atoms with van der Waals surface area (Å²) >= 11 is 1.76. The summed E-state index contributed by atoms with van der Waals surface area (Å²) in [5.41, 5.74) is 5.87. The van der Waals surface area contributed by atoms with Crippen LogP contribution in [0.5, 0.6) is 5.75 Å². The van der Waals surface area contributed by atoms with E-state index < -0.39 is 10.0 Å². The normalized spacial score (nSPS) is 18.1. The first-order valence-electron chi connectivity index (χ1n) is 6.54. The predicted octanol–water partition coefficient (Wildman–Crippen LogP) is 0.789. The predicted molar refractivity (Wildman–Crippen MR) is 85.0 cm³/mol. The van der Waals surface area contributed by atoms with Crippen LogP contribution in [0.15, 0.2) is 23.1 Å². The van der Waals surface area contributed by atoms with Gasteiger partial charge in [0.15, 0.2) is 0 Å². The smallest absolute Gasteiger partial charge is 0.240 e. The SMILES string of the molecule is COc1ccc(S(=O)(=O)NC2CCSC2)cc1C#CCN. The molecular formula is C14H18N2O3S2. The van der Waals surface area contributed by atoms with E-state index in [4.69, 9.17) is 10.5 Å². The number of benzene rings is 1. The molecule has 1 unspecified atom stereocenters. The van der Waals surface area contributed by atoms with Crippen molar-refractivity contribution >= 4 is 21.8 Å². The molecule has 1 aromatic rings. The molecule has 1 aliphatic heterocycles. The molecule has 0 radical (unpaired) electrons. The van der Waals surface area contributed by atoms with Gasteiger partial charge in [-0.2, -0.15) is 11.8 Å². The van der Waals surface area contributed by atoms with E-state index in [9.17, 15) is 8.42 Å². The quantitative estimate of drug-likeness (QED) is 0.800. The fraction of sp³-hybridized carbons (Fsp3) is 0.429. The Morgan fingerprint density at radius 1 is 1.52 bits per heavy atom. The van der Waals surface area contributed by atoms with E-state index in [0.717, 1.165) is 17.9 Å². The topological polar surface area (TPSA) is 81.4 Å². The summed E-state index contributed by atoms with van der Waals surface area (Å²) in [5.74, 6) is 7.88. The van der Waals surface area contributed by atoms with Gasteiger partial charge in [0.1, 0.15) is 5.75 Å². The molecule has 1 fully saturated rings. The maximum atomic E-state index is 12.4. The van der Waals surface area contributed by atoms with Crippen molar-refractivity contribution in [1.29, 1.82) is 0 Å². The second kappa shape index (κ2) is 7.18. The van der Waals surface area contributed by atoms with Crippen LogP contribution in [-0.4, -0.2) is 39.6 Å². The Bertz CT molecular complexity index is 657. The monoisotopic (exact) mass is 326 g/mol. The highest BCUT2D eigenvalue weighted by Gasteiger charge is 2.23. The van der Waals surface area contributed by atoms with Crippen LogP contribution in [-0.2, 0) is 10.0 Å². The zero-order chi connectivity index (χ0) is 15.3. The zero-order valence-corrected chi connectivity index (χ0v) is 13.4. The number of hydrogen-bond acceptors (Lipinski definition) is 5. The molecule has 1 aromatic carbocycles. The summed E-state index contributed by atoms with van der Waals surface area (Å²) < 4.78 is 32.7. The lowest BCUT2D eigenvalue weighted by atomic mass is 10.2. The van der Waals surface area contributed by atoms with Crippen LogP contribution in [0.2, 0.25) is 0 Å². The molecule has 2 rings (SSSR count). The van der Waals surface area contributed by atoms with Crippen molar-refractivity contribution < 1.29 is 13.2 Å². The molecule has 0 aromatic heterocycles. The van der Waals surface area contributed by atoms with E-state index in [2.05, 4.69) is 16.6 Å². The summed E-state index contributed by atoms with van der Waals surface area (Å²) in [7, 11) is -2.02. The average molecular weight is 326 g/mol. The van der Waals surface area contributed by atoms with Gasteiger partial charge in [-0.15, -0.1) is 0 Å². The molecule has 1 saturated heterocycles. The van der Waals surface area contributed by atoms with E-state index in [1.54, 1.807) is 17.8 Å². The second-order valence-electron chi connectivity index (χ2n) is 4.55. The number of nitrogens with one attached hydrogen (secondary N) is 1. The number of thioether (sulfide) groups is 1. The van der Waals surface area contributed by atoms with E-state index in [1.807, 2.05) is 0 Å². The van der Waals surface area contributed by atoms with Gasteiger partial charge in [-0.05, 0) is 30.4 Å². The van der Waals surface area contributed by atoms with Gasteiger partial charge in [0.05, 0.1) is 24.1 Å². The largest absolute Gasteiger partial charge is 0.495 e. The molecule has 1 heterocycles. The van der Waals surface area contributed by atoms with Crippen molar-refractivity contribution in [3.8, 4) is 17.6 Å². The van der Waals surface area contributed by atoms with Gasteiger partial charge in [0.2, 0.25) is 10.0 Å². The van der Waals surface area contributed by atoms with Crippen molar-refractivity contribution in [2.24, 2.45) is 5.73 Å². The Morgan fingerprint density at radius 2 is 2.33 bits per heavy atom. The summed E-state index contributed by atoms with van der Waals surface area (Å²) in [6, 6.07) is 4.65. The second-order valence-corrected chi connectivity index (χ2v) is 7.41. The third kappa shape index (κ3) is 4.14. The first kappa shape index (κ1) is 16.2. The van der Waals surface area contributed by atoms with Crippen molar-refractivity contribution in [3.05, 3.63) is 23.8 Å². The third-order valence-electron chi connectivity index (χ3n) is 3.06. The Morgan fingerprint density at radius 3 is 2.95 bits per heavy atom. The van der Waals surface area contributed by atoms with Crippen LogP contribution in [0.3, 0.4) is 0 Å². The lowest BCUT2D eigenvalue weighted by Crippen LogP contribution is -2.34. The van der Waals surface area contributed by atoms with E-state index in [0.29, 0.717) is 11.3 Å². The highest BCUT2D eigenvalue weighted by atomic mass is 32.2. The standard InChI is InChI=1S/C14H18N2O3S2/c1-19-14-5-4-13(9-11(14)3-2-7-15)21(17,18)16-12-6-8-20-10-12/h4-5,9,12,16H,6-8,10,15H2,1H3. The highest BCUT2D eigenvalue weighted by Crippen LogP contribution is 2.23. The Kier molecular flexibility index (Phi) is 5.53. The minimum absolute atomic E-state index is 0.000627. The molecule has 0 aliphatic carbocycles. The molecule has 21 heavy (non-hydrogen) atoms. The first-order chi connectivity index (χ1) is 10.1. The van der Waals surface area contributed by atoms with E-state index in [-0.39, 0.29) is 17.5 Å². The molecule has 0 spiro atoms. The molecule has 0 saturated carbocycles. The van der Waals surface area contributed by atoms with Gasteiger partial charge in [0, 0.05) is 11.8 Å². The maximum Gasteiger partial charge on any atom is 0.240 e. The Balaban J connectivity index is 2.30. The van der Waals surface area contributed by atoms with Gasteiger partial charge >= 0.3 is 0 Å². The minimum Gasteiger partial charge on any atom is -0.495 e. The summed E-state index contributed by atoms with van der Waals surface area (Å²) in [4.78, 5) is 0.196. The van der Waals surface area contributed by atoms with Crippen molar-refractivity contribution in [2.75, 3.05) is 25.2 Å². The fourth-order valence-corrected chi connectivity index (χ4v) is 4.57. The number of hydrogen-bond donors (Lipinski definition) is 2. The highest BCUT2D eigenvalue weighted by molar-refractivity contribution is 7.99. The number of nitrogens with two attached hydrogens (primary N) is 1. The molecule has 0 amide bonds.